The molecule has 0 radical (unpaired) electrons. The largest absolute Gasteiger partial charge is 0.495 e. The highest BCUT2D eigenvalue weighted by atomic mass is 16.5. The van der Waals surface area contributed by atoms with E-state index < -0.39 is 0 Å². The van der Waals surface area contributed by atoms with E-state index in [1.165, 1.54) is 0 Å². The van der Waals surface area contributed by atoms with Crippen molar-refractivity contribution in [2.75, 3.05) is 12.4 Å². The molecule has 0 saturated carbocycles. The zero-order valence-electron chi connectivity index (χ0n) is 14.9. The van der Waals surface area contributed by atoms with E-state index >= 15 is 0 Å². The summed E-state index contributed by atoms with van der Waals surface area (Å²) in [5, 5.41) is 4.94. The maximum absolute atomic E-state index is 12.8. The summed E-state index contributed by atoms with van der Waals surface area (Å²) in [6, 6.07) is 17.3. The van der Waals surface area contributed by atoms with Crippen molar-refractivity contribution in [2.45, 2.75) is 13.8 Å². The van der Waals surface area contributed by atoms with E-state index in [0.717, 1.165) is 27.5 Å². The first kappa shape index (κ1) is 16.2. The number of para-hydroxylation sites is 1. The first-order valence-electron chi connectivity index (χ1n) is 8.45. The maximum Gasteiger partial charge on any atom is 0.256 e. The molecule has 0 bridgehead atoms. The summed E-state index contributed by atoms with van der Waals surface area (Å²) in [4.78, 5) is 12.8. The first-order chi connectivity index (χ1) is 12.6. The van der Waals surface area contributed by atoms with Crippen molar-refractivity contribution in [3.8, 4) is 5.75 Å². The predicted molar refractivity (Wildman–Crippen MR) is 104 cm³/mol. The highest BCUT2D eigenvalue weighted by Gasteiger charge is 2.16. The molecular weight excluding hydrogens is 326 g/mol. The minimum Gasteiger partial charge on any atom is -0.495 e. The van der Waals surface area contributed by atoms with E-state index in [1.54, 1.807) is 7.11 Å². The average Bonchev–Trinajstić information content (AvgIpc) is 3.00. The predicted octanol–water partition coefficient (Wildman–Crippen LogP) is 5.46. The zero-order chi connectivity index (χ0) is 18.3. The SMILES string of the molecule is COc1cc2c(cc1NC(=O)c1cccc(C)c1C)oc1ccccc12. The normalized spacial score (nSPS) is 11.0. The number of furan rings is 1. The van der Waals surface area contributed by atoms with Crippen LogP contribution < -0.4 is 10.1 Å². The van der Waals surface area contributed by atoms with E-state index in [1.807, 2.05) is 68.4 Å². The topological polar surface area (TPSA) is 51.5 Å². The molecule has 4 aromatic rings. The first-order valence-corrected chi connectivity index (χ1v) is 8.45. The van der Waals surface area contributed by atoms with Crippen LogP contribution in [0.4, 0.5) is 5.69 Å². The molecule has 1 heterocycles. The Bertz CT molecular complexity index is 1140. The molecule has 3 aromatic carbocycles. The molecular formula is C22H19NO3. The second-order valence-corrected chi connectivity index (χ2v) is 6.35. The quantitative estimate of drug-likeness (QED) is 0.536. The second kappa shape index (κ2) is 6.23. The summed E-state index contributed by atoms with van der Waals surface area (Å²) in [5.74, 6) is 0.433. The third-order valence-corrected chi connectivity index (χ3v) is 4.80. The lowest BCUT2D eigenvalue weighted by molar-refractivity contribution is 0.102. The molecule has 0 atom stereocenters. The van der Waals surface area contributed by atoms with Gasteiger partial charge in [0.15, 0.2) is 0 Å². The Morgan fingerprint density at radius 2 is 1.77 bits per heavy atom. The monoisotopic (exact) mass is 345 g/mol. The highest BCUT2D eigenvalue weighted by Crippen LogP contribution is 2.36. The number of nitrogens with one attached hydrogen (secondary N) is 1. The summed E-state index contributed by atoms with van der Waals surface area (Å²) in [5.41, 5.74) is 4.80. The number of hydrogen-bond acceptors (Lipinski definition) is 3. The van der Waals surface area contributed by atoms with Gasteiger partial charge in [0.2, 0.25) is 0 Å². The lowest BCUT2D eigenvalue weighted by Gasteiger charge is -2.12. The lowest BCUT2D eigenvalue weighted by atomic mass is 10.0. The van der Waals surface area contributed by atoms with Gasteiger partial charge in [0.1, 0.15) is 16.9 Å². The summed E-state index contributed by atoms with van der Waals surface area (Å²) in [6.07, 6.45) is 0. The molecule has 4 nitrogen and oxygen atoms in total. The third-order valence-electron chi connectivity index (χ3n) is 4.80. The van der Waals surface area contributed by atoms with Crippen molar-refractivity contribution in [1.82, 2.24) is 0 Å². The van der Waals surface area contributed by atoms with E-state index in [2.05, 4.69) is 5.32 Å². The number of carbonyl (C=O) groups is 1. The molecule has 130 valence electrons. The van der Waals surface area contributed by atoms with Gasteiger partial charge >= 0.3 is 0 Å². The van der Waals surface area contributed by atoms with E-state index in [-0.39, 0.29) is 5.91 Å². The smallest absolute Gasteiger partial charge is 0.256 e. The van der Waals surface area contributed by atoms with Crippen LogP contribution in [0.5, 0.6) is 5.75 Å². The summed E-state index contributed by atoms with van der Waals surface area (Å²) in [7, 11) is 1.59. The number of carbonyl (C=O) groups excluding carboxylic acids is 1. The van der Waals surface area contributed by atoms with Crippen LogP contribution in [0.3, 0.4) is 0 Å². The minimum atomic E-state index is -0.167. The molecule has 0 unspecified atom stereocenters. The Labute approximate surface area is 151 Å². The molecule has 0 fully saturated rings. The van der Waals surface area contributed by atoms with Crippen LogP contribution in [0.15, 0.2) is 59.0 Å². The van der Waals surface area contributed by atoms with Crippen LogP contribution in [-0.2, 0) is 0 Å². The van der Waals surface area contributed by atoms with E-state index in [9.17, 15) is 4.79 Å². The number of methoxy groups -OCH3 is 1. The van der Waals surface area contributed by atoms with Crippen molar-refractivity contribution in [3.05, 3.63) is 71.3 Å². The van der Waals surface area contributed by atoms with Gasteiger partial charge in [-0.1, -0.05) is 30.3 Å². The fourth-order valence-corrected chi connectivity index (χ4v) is 3.20. The Morgan fingerprint density at radius 1 is 0.962 bits per heavy atom. The number of hydrogen-bond donors (Lipinski definition) is 1. The average molecular weight is 345 g/mol. The van der Waals surface area contributed by atoms with Gasteiger partial charge < -0.3 is 14.5 Å². The van der Waals surface area contributed by atoms with Gasteiger partial charge in [0, 0.05) is 22.4 Å². The van der Waals surface area contributed by atoms with Crippen LogP contribution >= 0.6 is 0 Å². The summed E-state index contributed by atoms with van der Waals surface area (Å²) in [6.45, 7) is 3.94. The maximum atomic E-state index is 12.8. The Morgan fingerprint density at radius 3 is 2.58 bits per heavy atom. The number of amides is 1. The molecule has 0 spiro atoms. The van der Waals surface area contributed by atoms with Crippen LogP contribution in [-0.4, -0.2) is 13.0 Å². The lowest BCUT2D eigenvalue weighted by Crippen LogP contribution is -2.14. The van der Waals surface area contributed by atoms with Gasteiger partial charge in [0.25, 0.3) is 5.91 Å². The van der Waals surface area contributed by atoms with Gasteiger partial charge in [-0.25, -0.2) is 0 Å². The number of fused-ring (bicyclic) bond motifs is 3. The second-order valence-electron chi connectivity index (χ2n) is 6.35. The molecule has 0 saturated heterocycles. The Balaban J connectivity index is 1.79. The molecule has 26 heavy (non-hydrogen) atoms. The van der Waals surface area contributed by atoms with Crippen molar-refractivity contribution in [2.24, 2.45) is 0 Å². The van der Waals surface area contributed by atoms with Crippen LogP contribution in [0.25, 0.3) is 21.9 Å². The molecule has 1 amide bonds. The molecule has 1 aromatic heterocycles. The summed E-state index contributed by atoms with van der Waals surface area (Å²) >= 11 is 0. The molecule has 4 heteroatoms. The van der Waals surface area contributed by atoms with Crippen LogP contribution in [0.2, 0.25) is 0 Å². The zero-order valence-corrected chi connectivity index (χ0v) is 14.9. The minimum absolute atomic E-state index is 0.167. The standard InChI is InChI=1S/C22H19NO3/c1-13-7-6-9-15(14(13)2)22(24)23-18-12-20-17(11-21(18)25-3)16-8-4-5-10-19(16)26-20/h4-12H,1-3H3,(H,23,24). The number of ether oxygens (including phenoxy) is 1. The Kier molecular flexibility index (Phi) is 3.88. The molecule has 0 aliphatic carbocycles. The molecule has 0 aliphatic rings. The molecule has 0 aliphatic heterocycles. The van der Waals surface area contributed by atoms with Crippen molar-refractivity contribution < 1.29 is 13.9 Å². The van der Waals surface area contributed by atoms with Gasteiger partial charge in [-0.15, -0.1) is 0 Å². The number of anilines is 1. The van der Waals surface area contributed by atoms with Crippen LogP contribution in [0.1, 0.15) is 21.5 Å². The third kappa shape index (κ3) is 2.60. The fourth-order valence-electron chi connectivity index (χ4n) is 3.20. The fraction of sp³-hybridized carbons (Fsp3) is 0.136. The summed E-state index contributed by atoms with van der Waals surface area (Å²) < 4.78 is 11.4. The van der Waals surface area contributed by atoms with Crippen molar-refractivity contribution in [3.63, 3.8) is 0 Å². The number of rotatable bonds is 3. The van der Waals surface area contributed by atoms with E-state index in [0.29, 0.717) is 22.6 Å². The molecule has 4 rings (SSSR count). The van der Waals surface area contributed by atoms with Gasteiger partial charge in [-0.2, -0.15) is 0 Å². The van der Waals surface area contributed by atoms with Gasteiger partial charge in [-0.3, -0.25) is 4.79 Å². The van der Waals surface area contributed by atoms with Crippen LogP contribution in [0, 0.1) is 13.8 Å². The highest BCUT2D eigenvalue weighted by molar-refractivity contribution is 6.10. The number of benzene rings is 3. The molecule has 1 N–H and O–H groups in total. The van der Waals surface area contributed by atoms with Gasteiger partial charge in [0.05, 0.1) is 12.8 Å². The Hall–Kier alpha value is -3.27. The number of aryl methyl sites for hydroxylation is 1. The van der Waals surface area contributed by atoms with Crippen molar-refractivity contribution in [1.29, 1.82) is 0 Å². The van der Waals surface area contributed by atoms with Gasteiger partial charge in [-0.05, 0) is 43.2 Å². The van der Waals surface area contributed by atoms with E-state index in [4.69, 9.17) is 9.15 Å². The van der Waals surface area contributed by atoms with Crippen molar-refractivity contribution >= 4 is 33.5 Å².